The van der Waals surface area contributed by atoms with E-state index in [1.165, 1.54) is 6.08 Å². The number of amidine groups is 1. The minimum atomic E-state index is -3.40. The Hall–Kier alpha value is -2.81. The lowest BCUT2D eigenvalue weighted by Gasteiger charge is -2.26. The lowest BCUT2D eigenvalue weighted by Crippen LogP contribution is -2.38. The van der Waals surface area contributed by atoms with Crippen LogP contribution in [0.3, 0.4) is 0 Å². The predicted molar refractivity (Wildman–Crippen MR) is 101 cm³/mol. The minimum absolute atomic E-state index is 0.0638. The number of carbonyl (C=O) groups excluding carboxylic acids is 1. The molecule has 1 aromatic rings. The third-order valence-electron chi connectivity index (χ3n) is 3.88. The average molecular weight is 391 g/mol. The largest absolute Gasteiger partial charge is 0.494 e. The van der Waals surface area contributed by atoms with Crippen molar-refractivity contribution in [3.8, 4) is 11.5 Å². The second-order valence-corrected chi connectivity index (χ2v) is 7.61. The van der Waals surface area contributed by atoms with Crippen LogP contribution in [0.25, 0.3) is 0 Å². The van der Waals surface area contributed by atoms with Crippen molar-refractivity contribution in [3.05, 3.63) is 48.2 Å². The van der Waals surface area contributed by atoms with Gasteiger partial charge in [-0.1, -0.05) is 0 Å². The number of benzene rings is 1. The number of carbonyl (C=O) groups is 1. The van der Waals surface area contributed by atoms with Crippen LogP contribution in [-0.2, 0) is 14.8 Å². The molecule has 27 heavy (non-hydrogen) atoms. The summed E-state index contributed by atoms with van der Waals surface area (Å²) in [5, 5.41) is 2.77. The Balaban J connectivity index is 1.46. The first-order valence-corrected chi connectivity index (χ1v) is 10.2. The van der Waals surface area contributed by atoms with Gasteiger partial charge in [0.25, 0.3) is 15.9 Å². The Morgan fingerprint density at radius 3 is 2.59 bits per heavy atom. The van der Waals surface area contributed by atoms with E-state index in [1.807, 2.05) is 31.2 Å². The van der Waals surface area contributed by atoms with E-state index < -0.39 is 10.0 Å². The lowest BCUT2D eigenvalue weighted by molar-refractivity contribution is -0.117. The fraction of sp³-hybridized carbons (Fsp3) is 0.333. The van der Waals surface area contributed by atoms with Gasteiger partial charge in [0.05, 0.1) is 24.5 Å². The third-order valence-corrected chi connectivity index (χ3v) is 5.04. The maximum absolute atomic E-state index is 12.2. The van der Waals surface area contributed by atoms with Crippen LogP contribution in [-0.4, -0.2) is 57.1 Å². The van der Waals surface area contributed by atoms with Crippen LogP contribution < -0.4 is 14.8 Å². The standard InChI is InChI=1S/C18H21N3O5S/c1-2-25-15-4-6-16(7-5-15)26-11-9-19-18(22)14-3-8-17-20-27(23,24)12-10-21(17)13-14/h3-8,13H,2,9-12H2,1H3,(H,19,22). The summed E-state index contributed by atoms with van der Waals surface area (Å²) < 4.78 is 37.6. The summed E-state index contributed by atoms with van der Waals surface area (Å²) in [6.07, 6.45) is 4.69. The van der Waals surface area contributed by atoms with Gasteiger partial charge in [-0.3, -0.25) is 4.79 Å². The molecule has 1 aromatic carbocycles. The summed E-state index contributed by atoms with van der Waals surface area (Å²) in [4.78, 5) is 13.9. The Morgan fingerprint density at radius 1 is 1.19 bits per heavy atom. The third kappa shape index (κ3) is 5.10. The van der Waals surface area contributed by atoms with E-state index in [9.17, 15) is 13.2 Å². The Bertz CT molecular complexity index is 888. The average Bonchev–Trinajstić information content (AvgIpc) is 2.65. The van der Waals surface area contributed by atoms with Crippen molar-refractivity contribution in [2.45, 2.75) is 6.92 Å². The maximum Gasteiger partial charge on any atom is 0.256 e. The van der Waals surface area contributed by atoms with Gasteiger partial charge in [-0.25, -0.2) is 8.42 Å². The second-order valence-electron chi connectivity index (χ2n) is 5.86. The smallest absolute Gasteiger partial charge is 0.256 e. The Labute approximate surface area is 158 Å². The zero-order valence-electron chi connectivity index (χ0n) is 14.9. The zero-order valence-corrected chi connectivity index (χ0v) is 15.7. The Kier molecular flexibility index (Phi) is 5.80. The number of hydrogen-bond donors (Lipinski definition) is 1. The molecule has 0 atom stereocenters. The van der Waals surface area contributed by atoms with Crippen molar-refractivity contribution in [1.29, 1.82) is 0 Å². The van der Waals surface area contributed by atoms with Crippen LogP contribution in [0, 0.1) is 0 Å². The lowest BCUT2D eigenvalue weighted by atomic mass is 10.2. The molecule has 3 rings (SSSR count). The van der Waals surface area contributed by atoms with Gasteiger partial charge in [-0.05, 0) is 43.3 Å². The van der Waals surface area contributed by atoms with Gasteiger partial charge in [0.2, 0.25) is 0 Å². The van der Waals surface area contributed by atoms with Crippen molar-refractivity contribution >= 4 is 21.8 Å². The molecular formula is C18H21N3O5S. The molecule has 1 amide bonds. The molecule has 0 saturated heterocycles. The first-order chi connectivity index (χ1) is 13.0. The number of amides is 1. The second kappa shape index (κ2) is 8.26. The fourth-order valence-electron chi connectivity index (χ4n) is 2.57. The molecule has 2 heterocycles. The highest BCUT2D eigenvalue weighted by Crippen LogP contribution is 2.18. The van der Waals surface area contributed by atoms with E-state index in [1.54, 1.807) is 17.2 Å². The SMILES string of the molecule is CCOc1ccc(OCCNC(=O)C2=CN3CCS(=O)(=O)N=C3C=C2)cc1. The van der Waals surface area contributed by atoms with E-state index in [2.05, 4.69) is 9.71 Å². The van der Waals surface area contributed by atoms with E-state index >= 15 is 0 Å². The van der Waals surface area contributed by atoms with Gasteiger partial charge in [0.1, 0.15) is 23.9 Å². The molecule has 0 radical (unpaired) electrons. The molecular weight excluding hydrogens is 370 g/mol. The van der Waals surface area contributed by atoms with E-state index in [4.69, 9.17) is 9.47 Å². The first-order valence-electron chi connectivity index (χ1n) is 8.60. The number of ether oxygens (including phenoxy) is 2. The molecule has 8 nitrogen and oxygen atoms in total. The quantitative estimate of drug-likeness (QED) is 0.699. The predicted octanol–water partition coefficient (Wildman–Crippen LogP) is 1.08. The monoisotopic (exact) mass is 391 g/mol. The van der Waals surface area contributed by atoms with E-state index in [-0.39, 0.29) is 18.2 Å². The molecule has 2 aliphatic heterocycles. The molecule has 0 aromatic heterocycles. The van der Waals surface area contributed by atoms with Crippen LogP contribution in [0.15, 0.2) is 52.6 Å². The molecule has 0 unspecified atom stereocenters. The van der Waals surface area contributed by atoms with Gasteiger partial charge in [-0.2, -0.15) is 0 Å². The van der Waals surface area contributed by atoms with Crippen LogP contribution in [0.2, 0.25) is 0 Å². The summed E-state index contributed by atoms with van der Waals surface area (Å²) >= 11 is 0. The highest BCUT2D eigenvalue weighted by atomic mass is 32.2. The number of fused-ring (bicyclic) bond motifs is 1. The Morgan fingerprint density at radius 2 is 1.89 bits per heavy atom. The highest BCUT2D eigenvalue weighted by Gasteiger charge is 2.24. The van der Waals surface area contributed by atoms with Crippen molar-refractivity contribution in [2.24, 2.45) is 4.40 Å². The summed E-state index contributed by atoms with van der Waals surface area (Å²) in [5.74, 6) is 1.49. The molecule has 0 spiro atoms. The van der Waals surface area contributed by atoms with Gasteiger partial charge < -0.3 is 19.7 Å². The molecule has 0 saturated carbocycles. The summed E-state index contributed by atoms with van der Waals surface area (Å²) in [6.45, 7) is 3.48. The normalized spacial score (nSPS) is 17.4. The molecule has 144 valence electrons. The maximum atomic E-state index is 12.2. The van der Waals surface area contributed by atoms with Crippen molar-refractivity contribution in [2.75, 3.05) is 32.1 Å². The number of sulfonamides is 1. The number of nitrogens with one attached hydrogen (secondary N) is 1. The minimum Gasteiger partial charge on any atom is -0.494 e. The molecule has 9 heteroatoms. The molecule has 2 aliphatic rings. The zero-order chi connectivity index (χ0) is 19.3. The van der Waals surface area contributed by atoms with Crippen LogP contribution >= 0.6 is 0 Å². The number of hydrogen-bond acceptors (Lipinski definition) is 6. The molecule has 0 fully saturated rings. The van der Waals surface area contributed by atoms with Crippen molar-refractivity contribution in [3.63, 3.8) is 0 Å². The first kappa shape index (κ1) is 19.0. The fourth-order valence-corrected chi connectivity index (χ4v) is 3.54. The summed E-state index contributed by atoms with van der Waals surface area (Å²) in [7, 11) is -3.40. The van der Waals surface area contributed by atoms with Crippen molar-refractivity contribution < 1.29 is 22.7 Å². The van der Waals surface area contributed by atoms with Crippen molar-refractivity contribution in [1.82, 2.24) is 10.2 Å². The summed E-state index contributed by atoms with van der Waals surface area (Å²) in [5.41, 5.74) is 0.439. The molecule has 0 aliphatic carbocycles. The van der Waals surface area contributed by atoms with Gasteiger partial charge in [0.15, 0.2) is 0 Å². The van der Waals surface area contributed by atoms with Gasteiger partial charge >= 0.3 is 0 Å². The van der Waals surface area contributed by atoms with Gasteiger partial charge in [-0.15, -0.1) is 4.40 Å². The van der Waals surface area contributed by atoms with E-state index in [0.29, 0.717) is 36.9 Å². The topological polar surface area (TPSA) is 97.3 Å². The number of nitrogens with zero attached hydrogens (tertiary/aromatic N) is 2. The summed E-state index contributed by atoms with van der Waals surface area (Å²) in [6, 6.07) is 7.27. The van der Waals surface area contributed by atoms with E-state index in [0.717, 1.165) is 5.75 Å². The van der Waals surface area contributed by atoms with Crippen LogP contribution in [0.1, 0.15) is 6.92 Å². The number of rotatable bonds is 7. The molecule has 0 bridgehead atoms. The van der Waals surface area contributed by atoms with Crippen LogP contribution in [0.4, 0.5) is 0 Å². The van der Waals surface area contributed by atoms with Gasteiger partial charge in [0, 0.05) is 12.7 Å². The molecule has 1 N–H and O–H groups in total. The highest BCUT2D eigenvalue weighted by molar-refractivity contribution is 7.90. The van der Waals surface area contributed by atoms with Crippen LogP contribution in [0.5, 0.6) is 11.5 Å².